The Balaban J connectivity index is 1.92. The summed E-state index contributed by atoms with van der Waals surface area (Å²) in [6.07, 6.45) is 2.30. The van der Waals surface area contributed by atoms with Gasteiger partial charge in [0.05, 0.1) is 6.61 Å². The van der Waals surface area contributed by atoms with Gasteiger partial charge in [-0.2, -0.15) is 0 Å². The molecule has 4 nitrogen and oxygen atoms in total. The summed E-state index contributed by atoms with van der Waals surface area (Å²) in [5.74, 6) is 0.125. The Hall–Kier alpha value is -1.16. The molecule has 1 fully saturated rings. The number of carbonyl (C=O) groups excluding carboxylic acids is 1. The smallest absolute Gasteiger partial charge is 0.358 e. The van der Waals surface area contributed by atoms with Crippen LogP contribution in [0.4, 0.5) is 0 Å². The number of esters is 1. The Labute approximate surface area is 86.2 Å². The van der Waals surface area contributed by atoms with Gasteiger partial charge in [0.1, 0.15) is 0 Å². The Bertz CT molecular complexity index is 335. The van der Waals surface area contributed by atoms with Crippen LogP contribution in [0.25, 0.3) is 0 Å². The molecule has 1 heterocycles. The van der Waals surface area contributed by atoms with E-state index in [-0.39, 0.29) is 10.8 Å². The van der Waals surface area contributed by atoms with Crippen molar-refractivity contribution < 1.29 is 9.53 Å². The van der Waals surface area contributed by atoms with E-state index in [9.17, 15) is 4.79 Å². The Morgan fingerprint density at radius 3 is 2.86 bits per heavy atom. The van der Waals surface area contributed by atoms with Gasteiger partial charge in [-0.15, -0.1) is 10.2 Å². The van der Waals surface area contributed by atoms with Crippen molar-refractivity contribution in [3.63, 3.8) is 0 Å². The van der Waals surface area contributed by atoms with Crippen LogP contribution in [-0.4, -0.2) is 22.8 Å². The number of nitrogens with zero attached hydrogens (tertiary/aromatic N) is 2. The molecule has 0 aromatic carbocycles. The first-order chi connectivity index (χ1) is 6.75. The maximum atomic E-state index is 11.3. The third kappa shape index (κ3) is 2.42. The molecule has 0 radical (unpaired) electrons. The number of ether oxygens (including phenoxy) is 1. The predicted molar refractivity (Wildman–Crippen MR) is 50.0 cm³/mol. The maximum Gasteiger partial charge on any atom is 0.358 e. The van der Waals surface area contributed by atoms with Crippen molar-refractivity contribution in [2.75, 3.05) is 6.61 Å². The highest BCUT2D eigenvalue weighted by atomic mass is 35.5. The van der Waals surface area contributed by atoms with E-state index in [1.807, 2.05) is 0 Å². The van der Waals surface area contributed by atoms with Crippen molar-refractivity contribution in [2.45, 2.75) is 12.8 Å². The van der Waals surface area contributed by atoms with E-state index in [4.69, 9.17) is 16.3 Å². The van der Waals surface area contributed by atoms with Crippen LogP contribution < -0.4 is 0 Å². The monoisotopic (exact) mass is 212 g/mol. The molecule has 74 valence electrons. The summed E-state index contributed by atoms with van der Waals surface area (Å²) in [6, 6.07) is 3.02. The van der Waals surface area contributed by atoms with E-state index < -0.39 is 5.97 Å². The second-order valence-electron chi connectivity index (χ2n) is 3.28. The van der Waals surface area contributed by atoms with Gasteiger partial charge in [-0.1, -0.05) is 11.6 Å². The second kappa shape index (κ2) is 3.92. The number of rotatable bonds is 3. The van der Waals surface area contributed by atoms with E-state index >= 15 is 0 Å². The normalized spacial score (nSPS) is 15.2. The van der Waals surface area contributed by atoms with Crippen LogP contribution in [-0.2, 0) is 4.74 Å². The largest absolute Gasteiger partial charge is 0.461 e. The third-order valence-corrected chi connectivity index (χ3v) is 2.19. The fourth-order valence-electron chi connectivity index (χ4n) is 0.977. The summed E-state index contributed by atoms with van der Waals surface area (Å²) >= 11 is 5.53. The van der Waals surface area contributed by atoms with Gasteiger partial charge in [0.2, 0.25) is 0 Å². The molecular formula is C9H9ClN2O2. The average Bonchev–Trinajstić information content (AvgIpc) is 2.99. The summed E-state index contributed by atoms with van der Waals surface area (Å²) in [4.78, 5) is 11.3. The fraction of sp³-hybridized carbons (Fsp3) is 0.444. The zero-order valence-electron chi connectivity index (χ0n) is 7.44. The van der Waals surface area contributed by atoms with E-state index in [1.165, 1.54) is 12.1 Å². The number of aromatic nitrogens is 2. The maximum absolute atomic E-state index is 11.3. The van der Waals surface area contributed by atoms with Crippen LogP contribution in [0.15, 0.2) is 12.1 Å². The van der Waals surface area contributed by atoms with Crippen LogP contribution in [0.1, 0.15) is 23.3 Å². The average molecular weight is 213 g/mol. The molecule has 1 aliphatic carbocycles. The van der Waals surface area contributed by atoms with Crippen LogP contribution >= 0.6 is 11.6 Å². The molecule has 1 aromatic rings. The molecule has 1 aliphatic rings. The molecule has 0 saturated heterocycles. The molecule has 14 heavy (non-hydrogen) atoms. The van der Waals surface area contributed by atoms with Crippen LogP contribution in [0, 0.1) is 5.92 Å². The van der Waals surface area contributed by atoms with E-state index in [2.05, 4.69) is 10.2 Å². The summed E-state index contributed by atoms with van der Waals surface area (Å²) in [6.45, 7) is 0.489. The highest BCUT2D eigenvalue weighted by molar-refractivity contribution is 6.29. The molecule has 0 unspecified atom stereocenters. The minimum Gasteiger partial charge on any atom is -0.461 e. The topological polar surface area (TPSA) is 52.1 Å². The van der Waals surface area contributed by atoms with Crippen molar-refractivity contribution in [2.24, 2.45) is 5.92 Å². The van der Waals surface area contributed by atoms with Crippen molar-refractivity contribution in [1.82, 2.24) is 10.2 Å². The molecule has 0 bridgehead atoms. The molecular weight excluding hydrogens is 204 g/mol. The molecule has 0 atom stereocenters. The zero-order chi connectivity index (χ0) is 9.97. The highest BCUT2D eigenvalue weighted by Crippen LogP contribution is 2.28. The summed E-state index contributed by atoms with van der Waals surface area (Å²) in [5.41, 5.74) is 0.204. The van der Waals surface area contributed by atoms with E-state index in [0.29, 0.717) is 12.5 Å². The number of halogens is 1. The van der Waals surface area contributed by atoms with Gasteiger partial charge < -0.3 is 4.74 Å². The van der Waals surface area contributed by atoms with Crippen LogP contribution in [0.3, 0.4) is 0 Å². The fourth-order valence-corrected chi connectivity index (χ4v) is 1.08. The van der Waals surface area contributed by atoms with Crippen LogP contribution in [0.2, 0.25) is 5.15 Å². The lowest BCUT2D eigenvalue weighted by Gasteiger charge is -2.01. The Kier molecular flexibility index (Phi) is 2.63. The van der Waals surface area contributed by atoms with E-state index in [0.717, 1.165) is 12.8 Å². The van der Waals surface area contributed by atoms with Crippen molar-refractivity contribution >= 4 is 17.6 Å². The lowest BCUT2D eigenvalue weighted by atomic mass is 10.4. The Morgan fingerprint density at radius 1 is 1.50 bits per heavy atom. The quantitative estimate of drug-likeness (QED) is 0.716. The first-order valence-corrected chi connectivity index (χ1v) is 4.80. The van der Waals surface area contributed by atoms with Gasteiger partial charge in [-0.05, 0) is 30.9 Å². The number of carbonyl (C=O) groups is 1. The van der Waals surface area contributed by atoms with Gasteiger partial charge in [-0.25, -0.2) is 4.79 Å². The molecule has 0 spiro atoms. The van der Waals surface area contributed by atoms with Gasteiger partial charge in [0, 0.05) is 0 Å². The highest BCUT2D eigenvalue weighted by Gasteiger charge is 2.23. The SMILES string of the molecule is O=C(OCC1CC1)c1ccc(Cl)nn1. The summed E-state index contributed by atoms with van der Waals surface area (Å²) < 4.78 is 5.01. The number of hydrogen-bond acceptors (Lipinski definition) is 4. The minimum absolute atomic E-state index is 0.204. The molecule has 2 rings (SSSR count). The summed E-state index contributed by atoms with van der Waals surface area (Å²) in [5, 5.41) is 7.44. The molecule has 0 aliphatic heterocycles. The van der Waals surface area contributed by atoms with Crippen LogP contribution in [0.5, 0.6) is 0 Å². The lowest BCUT2D eigenvalue weighted by molar-refractivity contribution is 0.0478. The van der Waals surface area contributed by atoms with Gasteiger partial charge in [0.15, 0.2) is 10.8 Å². The van der Waals surface area contributed by atoms with Crippen molar-refractivity contribution in [3.8, 4) is 0 Å². The predicted octanol–water partition coefficient (Wildman–Crippen LogP) is 1.70. The lowest BCUT2D eigenvalue weighted by Crippen LogP contribution is -2.09. The molecule has 1 aromatic heterocycles. The van der Waals surface area contributed by atoms with Crippen molar-refractivity contribution in [3.05, 3.63) is 23.0 Å². The second-order valence-corrected chi connectivity index (χ2v) is 3.67. The first kappa shape index (κ1) is 9.40. The zero-order valence-corrected chi connectivity index (χ0v) is 8.20. The third-order valence-electron chi connectivity index (χ3n) is 1.99. The molecule has 0 amide bonds. The van der Waals surface area contributed by atoms with E-state index in [1.54, 1.807) is 0 Å². The molecule has 0 N–H and O–H groups in total. The molecule has 5 heteroatoms. The first-order valence-electron chi connectivity index (χ1n) is 4.42. The van der Waals surface area contributed by atoms with Gasteiger partial charge in [-0.3, -0.25) is 0 Å². The standard InChI is InChI=1S/C9H9ClN2O2/c10-8-4-3-7(11-12-8)9(13)14-5-6-1-2-6/h3-4,6H,1-2,5H2. The molecule has 1 saturated carbocycles. The van der Waals surface area contributed by atoms with Crippen molar-refractivity contribution in [1.29, 1.82) is 0 Å². The van der Waals surface area contributed by atoms with Gasteiger partial charge in [0.25, 0.3) is 0 Å². The summed E-state index contributed by atoms with van der Waals surface area (Å²) in [7, 11) is 0. The minimum atomic E-state index is -0.430. The number of hydrogen-bond donors (Lipinski definition) is 0. The Morgan fingerprint density at radius 2 is 2.29 bits per heavy atom. The van der Waals surface area contributed by atoms with Gasteiger partial charge >= 0.3 is 5.97 Å².